The quantitative estimate of drug-likeness (QED) is 0.846. The Kier molecular flexibility index (Phi) is 5.76. The highest BCUT2D eigenvalue weighted by Gasteiger charge is 2.17. The Morgan fingerprint density at radius 2 is 2.08 bits per heavy atom. The zero-order valence-electron chi connectivity index (χ0n) is 14.1. The Labute approximate surface area is 152 Å². The fraction of sp³-hybridized carbons (Fsp3) is 0.368. The van der Waals surface area contributed by atoms with Crippen LogP contribution in [-0.4, -0.2) is 24.1 Å². The van der Waals surface area contributed by atoms with Crippen LogP contribution in [0.1, 0.15) is 41.6 Å². The van der Waals surface area contributed by atoms with E-state index in [1.54, 1.807) is 24.4 Å². The molecule has 1 fully saturated rings. The van der Waals surface area contributed by atoms with Gasteiger partial charge >= 0.3 is 0 Å². The molecule has 1 aliphatic carbocycles. The average molecular weight is 361 g/mol. The summed E-state index contributed by atoms with van der Waals surface area (Å²) >= 11 is 5.93. The van der Waals surface area contributed by atoms with E-state index in [-0.39, 0.29) is 12.0 Å². The van der Waals surface area contributed by atoms with Gasteiger partial charge in [0.25, 0.3) is 5.91 Å². The Hall–Kier alpha value is -2.27. The maximum atomic E-state index is 12.4. The number of methoxy groups -OCH3 is 1. The van der Waals surface area contributed by atoms with E-state index in [1.165, 1.54) is 20.0 Å². The number of carbonyl (C=O) groups is 1. The summed E-state index contributed by atoms with van der Waals surface area (Å²) in [6.07, 6.45) is 6.55. The van der Waals surface area contributed by atoms with E-state index < -0.39 is 0 Å². The minimum absolute atomic E-state index is 0.219. The van der Waals surface area contributed by atoms with Crippen molar-refractivity contribution in [3.8, 4) is 11.6 Å². The third kappa shape index (κ3) is 4.63. The summed E-state index contributed by atoms with van der Waals surface area (Å²) in [5.41, 5.74) is 1.38. The van der Waals surface area contributed by atoms with Gasteiger partial charge in [-0.05, 0) is 55.5 Å². The number of rotatable bonds is 6. The third-order valence-corrected chi connectivity index (χ3v) is 4.49. The first-order valence-corrected chi connectivity index (χ1v) is 8.77. The highest BCUT2D eigenvalue weighted by Crippen LogP contribution is 2.24. The second kappa shape index (κ2) is 8.21. The van der Waals surface area contributed by atoms with Crippen LogP contribution in [-0.2, 0) is 6.54 Å². The maximum absolute atomic E-state index is 12.4. The van der Waals surface area contributed by atoms with Crippen LogP contribution in [0.5, 0.6) is 11.6 Å². The fourth-order valence-corrected chi connectivity index (χ4v) is 3.09. The van der Waals surface area contributed by atoms with Crippen molar-refractivity contribution in [2.75, 3.05) is 7.11 Å². The standard InChI is InChI=1S/C19H21ClN2O3/c1-24-17-11-14(20)6-7-16(17)19(23)22-12-13-8-9-21-18(10-13)25-15-4-2-3-5-15/h6-11,15H,2-5,12H2,1H3,(H,22,23). The molecule has 0 atom stereocenters. The van der Waals surface area contributed by atoms with Gasteiger partial charge in [-0.2, -0.15) is 0 Å². The van der Waals surface area contributed by atoms with Gasteiger partial charge in [-0.3, -0.25) is 4.79 Å². The number of aromatic nitrogens is 1. The van der Waals surface area contributed by atoms with Crippen LogP contribution in [0.15, 0.2) is 36.5 Å². The molecule has 0 spiro atoms. The molecule has 0 bridgehead atoms. The lowest BCUT2D eigenvalue weighted by Crippen LogP contribution is -2.23. The number of nitrogens with zero attached hydrogens (tertiary/aromatic N) is 1. The Morgan fingerprint density at radius 1 is 1.28 bits per heavy atom. The number of ether oxygens (including phenoxy) is 2. The number of benzene rings is 1. The third-order valence-electron chi connectivity index (χ3n) is 4.25. The van der Waals surface area contributed by atoms with Crippen molar-refractivity contribution in [3.05, 3.63) is 52.7 Å². The molecule has 132 valence electrons. The van der Waals surface area contributed by atoms with Crippen LogP contribution in [0.2, 0.25) is 5.02 Å². The van der Waals surface area contributed by atoms with E-state index in [2.05, 4.69) is 10.3 Å². The van der Waals surface area contributed by atoms with E-state index in [9.17, 15) is 4.79 Å². The first kappa shape index (κ1) is 17.5. The molecular weight excluding hydrogens is 340 g/mol. The summed E-state index contributed by atoms with van der Waals surface area (Å²) in [6, 6.07) is 8.67. The number of pyridine rings is 1. The SMILES string of the molecule is COc1cc(Cl)ccc1C(=O)NCc1ccnc(OC2CCCC2)c1. The molecule has 0 saturated heterocycles. The van der Waals surface area contributed by atoms with E-state index in [4.69, 9.17) is 21.1 Å². The lowest BCUT2D eigenvalue weighted by Gasteiger charge is -2.13. The van der Waals surface area contributed by atoms with E-state index in [0.717, 1.165) is 18.4 Å². The van der Waals surface area contributed by atoms with Crippen LogP contribution >= 0.6 is 11.6 Å². The molecule has 0 aliphatic heterocycles. The second-order valence-electron chi connectivity index (χ2n) is 6.05. The predicted molar refractivity (Wildman–Crippen MR) is 96.3 cm³/mol. The lowest BCUT2D eigenvalue weighted by molar-refractivity contribution is 0.0947. The average Bonchev–Trinajstić information content (AvgIpc) is 3.13. The molecule has 2 aromatic rings. The summed E-state index contributed by atoms with van der Waals surface area (Å²) < 4.78 is 11.1. The zero-order valence-corrected chi connectivity index (χ0v) is 14.9. The van der Waals surface area contributed by atoms with Gasteiger partial charge in [0.2, 0.25) is 5.88 Å². The normalized spacial score (nSPS) is 14.3. The van der Waals surface area contributed by atoms with Crippen molar-refractivity contribution in [2.45, 2.75) is 38.3 Å². The van der Waals surface area contributed by atoms with Crippen LogP contribution in [0.4, 0.5) is 0 Å². The number of hydrogen-bond donors (Lipinski definition) is 1. The van der Waals surface area contributed by atoms with Gasteiger partial charge in [0.1, 0.15) is 11.9 Å². The van der Waals surface area contributed by atoms with E-state index in [1.807, 2.05) is 12.1 Å². The van der Waals surface area contributed by atoms with Gasteiger partial charge in [0.15, 0.2) is 0 Å². The van der Waals surface area contributed by atoms with Crippen molar-refractivity contribution in [1.29, 1.82) is 0 Å². The lowest BCUT2D eigenvalue weighted by atomic mass is 10.1. The first-order chi connectivity index (χ1) is 12.2. The summed E-state index contributed by atoms with van der Waals surface area (Å²) in [5.74, 6) is 0.844. The summed E-state index contributed by atoms with van der Waals surface area (Å²) in [4.78, 5) is 16.6. The Balaban J connectivity index is 1.62. The van der Waals surface area contributed by atoms with Crippen molar-refractivity contribution >= 4 is 17.5 Å². The molecule has 1 aliphatic rings. The first-order valence-electron chi connectivity index (χ1n) is 8.39. The topological polar surface area (TPSA) is 60.5 Å². The highest BCUT2D eigenvalue weighted by atomic mass is 35.5. The number of hydrogen-bond acceptors (Lipinski definition) is 4. The minimum atomic E-state index is -0.219. The molecule has 0 radical (unpaired) electrons. The molecule has 1 N–H and O–H groups in total. The summed E-state index contributed by atoms with van der Waals surface area (Å²) in [7, 11) is 1.51. The predicted octanol–water partition coefficient (Wildman–Crippen LogP) is 4.00. The molecular formula is C19H21ClN2O3. The van der Waals surface area contributed by atoms with Gasteiger partial charge in [0.05, 0.1) is 12.7 Å². The van der Waals surface area contributed by atoms with Gasteiger partial charge in [-0.25, -0.2) is 4.98 Å². The number of carbonyl (C=O) groups excluding carboxylic acids is 1. The van der Waals surface area contributed by atoms with Crippen molar-refractivity contribution < 1.29 is 14.3 Å². The smallest absolute Gasteiger partial charge is 0.255 e. The number of nitrogens with one attached hydrogen (secondary N) is 1. The molecule has 1 aromatic carbocycles. The van der Waals surface area contributed by atoms with E-state index >= 15 is 0 Å². The molecule has 5 nitrogen and oxygen atoms in total. The number of amides is 1. The molecule has 1 amide bonds. The number of halogens is 1. The second-order valence-corrected chi connectivity index (χ2v) is 6.49. The minimum Gasteiger partial charge on any atom is -0.496 e. The van der Waals surface area contributed by atoms with Crippen molar-refractivity contribution in [3.63, 3.8) is 0 Å². The monoisotopic (exact) mass is 360 g/mol. The molecule has 3 rings (SSSR count). The largest absolute Gasteiger partial charge is 0.496 e. The molecule has 1 saturated carbocycles. The van der Waals surface area contributed by atoms with Gasteiger partial charge in [-0.15, -0.1) is 0 Å². The van der Waals surface area contributed by atoms with Gasteiger partial charge < -0.3 is 14.8 Å². The van der Waals surface area contributed by atoms with Gasteiger partial charge in [0, 0.05) is 23.8 Å². The Morgan fingerprint density at radius 3 is 2.84 bits per heavy atom. The van der Waals surface area contributed by atoms with Crippen LogP contribution in [0.25, 0.3) is 0 Å². The van der Waals surface area contributed by atoms with Crippen LogP contribution < -0.4 is 14.8 Å². The van der Waals surface area contributed by atoms with Crippen LogP contribution in [0, 0.1) is 0 Å². The molecule has 1 aromatic heterocycles. The van der Waals surface area contributed by atoms with E-state index in [0.29, 0.717) is 28.8 Å². The summed E-state index contributed by atoms with van der Waals surface area (Å²) in [5, 5.41) is 3.41. The highest BCUT2D eigenvalue weighted by molar-refractivity contribution is 6.30. The van der Waals surface area contributed by atoms with Crippen LogP contribution in [0.3, 0.4) is 0 Å². The molecule has 6 heteroatoms. The zero-order chi connectivity index (χ0) is 17.6. The molecule has 0 unspecified atom stereocenters. The molecule has 1 heterocycles. The Bertz CT molecular complexity index is 745. The fourth-order valence-electron chi connectivity index (χ4n) is 2.93. The van der Waals surface area contributed by atoms with Crippen molar-refractivity contribution in [2.24, 2.45) is 0 Å². The molecule has 25 heavy (non-hydrogen) atoms. The summed E-state index contributed by atoms with van der Waals surface area (Å²) in [6.45, 7) is 0.383. The van der Waals surface area contributed by atoms with Gasteiger partial charge in [-0.1, -0.05) is 11.6 Å². The van der Waals surface area contributed by atoms with Crippen molar-refractivity contribution in [1.82, 2.24) is 10.3 Å². The maximum Gasteiger partial charge on any atom is 0.255 e.